The first-order chi connectivity index (χ1) is 12.9. The van der Waals surface area contributed by atoms with Crippen LogP contribution in [-0.2, 0) is 12.1 Å². The monoisotopic (exact) mass is 384 g/mol. The molecule has 0 aliphatic carbocycles. The molecule has 0 atom stereocenters. The van der Waals surface area contributed by atoms with Gasteiger partial charge >= 0.3 is 0 Å². The molecular weight excluding hydrogens is 360 g/mol. The predicted octanol–water partition coefficient (Wildman–Crippen LogP) is 2.63. The lowest BCUT2D eigenvalue weighted by Crippen LogP contribution is -2.39. The summed E-state index contributed by atoms with van der Waals surface area (Å²) < 4.78 is 2.93. The van der Waals surface area contributed by atoms with Crippen LogP contribution in [0, 0.1) is 5.92 Å². The number of hydrogen-bond donors (Lipinski definition) is 1. The van der Waals surface area contributed by atoms with Crippen molar-refractivity contribution in [1.29, 1.82) is 0 Å². The van der Waals surface area contributed by atoms with E-state index in [1.54, 1.807) is 0 Å². The van der Waals surface area contributed by atoms with Gasteiger partial charge in [0.1, 0.15) is 5.69 Å². The molecule has 1 aliphatic heterocycles. The highest BCUT2D eigenvalue weighted by Gasteiger charge is 2.26. The average Bonchev–Trinajstić information content (AvgIpc) is 3.28. The number of aromatic nitrogens is 4. The van der Waals surface area contributed by atoms with Crippen molar-refractivity contribution < 1.29 is 4.79 Å². The van der Waals surface area contributed by atoms with Gasteiger partial charge in [0, 0.05) is 19.6 Å². The van der Waals surface area contributed by atoms with E-state index >= 15 is 0 Å². The summed E-state index contributed by atoms with van der Waals surface area (Å²) in [4.78, 5) is 19.2. The van der Waals surface area contributed by atoms with Crippen LogP contribution in [0.25, 0.3) is 10.2 Å². The third-order valence-corrected chi connectivity index (χ3v) is 6.05. The topological polar surface area (TPSA) is 89.9 Å². The second-order valence-corrected chi connectivity index (χ2v) is 8.80. The highest BCUT2D eigenvalue weighted by molar-refractivity contribution is 7.20. The van der Waals surface area contributed by atoms with Crippen LogP contribution in [0.2, 0.25) is 0 Å². The number of fused-ring (bicyclic) bond motifs is 1. The highest BCUT2D eigenvalue weighted by Crippen LogP contribution is 2.25. The van der Waals surface area contributed by atoms with Crippen LogP contribution in [0.3, 0.4) is 0 Å². The Morgan fingerprint density at radius 2 is 2.04 bits per heavy atom. The van der Waals surface area contributed by atoms with E-state index in [1.165, 1.54) is 11.3 Å². The lowest BCUT2D eigenvalue weighted by molar-refractivity contribution is 0.0681. The van der Waals surface area contributed by atoms with Crippen molar-refractivity contribution in [3.05, 3.63) is 41.2 Å². The maximum Gasteiger partial charge on any atom is 0.282 e. The van der Waals surface area contributed by atoms with Crippen LogP contribution in [0.4, 0.5) is 0 Å². The molecule has 142 valence electrons. The zero-order chi connectivity index (χ0) is 19.0. The number of benzene rings is 1. The van der Waals surface area contributed by atoms with Crippen LogP contribution < -0.4 is 5.73 Å². The molecule has 1 saturated heterocycles. The normalized spacial score (nSPS) is 16.2. The van der Waals surface area contributed by atoms with Gasteiger partial charge in [-0.05, 0) is 44.7 Å². The molecule has 0 saturated carbocycles. The highest BCUT2D eigenvalue weighted by atomic mass is 32.1. The third-order valence-electron chi connectivity index (χ3n) is 5.02. The van der Waals surface area contributed by atoms with E-state index in [0.717, 1.165) is 48.4 Å². The quantitative estimate of drug-likeness (QED) is 0.747. The Labute approximate surface area is 162 Å². The molecule has 2 aromatic heterocycles. The van der Waals surface area contributed by atoms with Gasteiger partial charge in [-0.15, -0.1) is 16.4 Å². The molecule has 0 unspecified atom stereocenters. The first kappa shape index (κ1) is 18.1. The SMILES string of the molecule is CC(C)(N)c1cn(CC2CCN(C(=O)c3nc4ccccc4s3)CC2)nn1. The Morgan fingerprint density at radius 1 is 1.30 bits per heavy atom. The number of hydrogen-bond acceptors (Lipinski definition) is 6. The molecule has 0 radical (unpaired) electrons. The summed E-state index contributed by atoms with van der Waals surface area (Å²) in [6.07, 6.45) is 3.84. The van der Waals surface area contributed by atoms with Gasteiger partial charge in [0.2, 0.25) is 0 Å². The molecule has 3 heterocycles. The first-order valence-corrected chi connectivity index (χ1v) is 10.1. The molecule has 7 nitrogen and oxygen atoms in total. The van der Waals surface area contributed by atoms with Crippen molar-refractivity contribution in [1.82, 2.24) is 24.9 Å². The van der Waals surface area contributed by atoms with Crippen LogP contribution >= 0.6 is 11.3 Å². The molecule has 1 aromatic carbocycles. The van der Waals surface area contributed by atoms with Crippen molar-refractivity contribution in [2.75, 3.05) is 13.1 Å². The van der Waals surface area contributed by atoms with Gasteiger partial charge in [0.05, 0.1) is 22.0 Å². The first-order valence-electron chi connectivity index (χ1n) is 9.24. The van der Waals surface area contributed by atoms with Gasteiger partial charge in [-0.1, -0.05) is 17.3 Å². The molecule has 0 spiro atoms. The number of rotatable bonds is 4. The van der Waals surface area contributed by atoms with Crippen LogP contribution in [-0.4, -0.2) is 43.9 Å². The van der Waals surface area contributed by atoms with E-state index in [0.29, 0.717) is 10.9 Å². The minimum absolute atomic E-state index is 0.0440. The number of piperidine rings is 1. The van der Waals surface area contributed by atoms with Crippen LogP contribution in [0.1, 0.15) is 42.2 Å². The Hall–Kier alpha value is -2.32. The largest absolute Gasteiger partial charge is 0.337 e. The Morgan fingerprint density at radius 3 is 2.70 bits per heavy atom. The summed E-state index contributed by atoms with van der Waals surface area (Å²) >= 11 is 1.47. The van der Waals surface area contributed by atoms with Gasteiger partial charge < -0.3 is 10.6 Å². The standard InChI is InChI=1S/C19H24N6OS/c1-19(2,20)16-12-25(23-22-16)11-13-7-9-24(10-8-13)18(26)17-21-14-5-3-4-6-15(14)27-17/h3-6,12-13H,7-11,20H2,1-2H3. The molecule has 2 N–H and O–H groups in total. The number of carbonyl (C=O) groups excluding carboxylic acids is 1. The van der Waals surface area contributed by atoms with Crippen molar-refractivity contribution >= 4 is 27.5 Å². The van der Waals surface area contributed by atoms with E-state index in [4.69, 9.17) is 5.73 Å². The van der Waals surface area contributed by atoms with E-state index < -0.39 is 5.54 Å². The molecule has 0 bridgehead atoms. The van der Waals surface area contributed by atoms with Crippen molar-refractivity contribution in [3.8, 4) is 0 Å². The average molecular weight is 385 g/mol. The van der Waals surface area contributed by atoms with Gasteiger partial charge in [0.15, 0.2) is 5.01 Å². The minimum atomic E-state index is -0.481. The molecule has 8 heteroatoms. The van der Waals surface area contributed by atoms with Gasteiger partial charge in [-0.3, -0.25) is 9.48 Å². The van der Waals surface area contributed by atoms with E-state index in [1.807, 2.05) is 53.9 Å². The number of para-hydroxylation sites is 1. The maximum atomic E-state index is 12.8. The molecule has 27 heavy (non-hydrogen) atoms. The minimum Gasteiger partial charge on any atom is -0.337 e. The van der Waals surface area contributed by atoms with Crippen molar-refractivity contribution in [3.63, 3.8) is 0 Å². The summed E-state index contributed by atoms with van der Waals surface area (Å²) in [5.74, 6) is 0.530. The lowest BCUT2D eigenvalue weighted by Gasteiger charge is -2.31. The Bertz CT molecular complexity index is 915. The predicted molar refractivity (Wildman–Crippen MR) is 105 cm³/mol. The number of nitrogens with two attached hydrogens (primary N) is 1. The second-order valence-electron chi connectivity index (χ2n) is 7.77. The van der Waals surface area contributed by atoms with Crippen LogP contribution in [0.5, 0.6) is 0 Å². The molecule has 1 amide bonds. The smallest absolute Gasteiger partial charge is 0.282 e. The molecular formula is C19H24N6OS. The summed E-state index contributed by atoms with van der Waals surface area (Å²) in [5, 5.41) is 8.96. The summed E-state index contributed by atoms with van der Waals surface area (Å²) in [6, 6.07) is 7.87. The van der Waals surface area contributed by atoms with Crippen molar-refractivity contribution in [2.45, 2.75) is 38.8 Å². The summed E-state index contributed by atoms with van der Waals surface area (Å²) in [7, 11) is 0. The van der Waals surface area contributed by atoms with Gasteiger partial charge in [-0.2, -0.15) is 0 Å². The van der Waals surface area contributed by atoms with Gasteiger partial charge in [-0.25, -0.2) is 4.98 Å². The van der Waals surface area contributed by atoms with E-state index in [-0.39, 0.29) is 5.91 Å². The fraction of sp³-hybridized carbons (Fsp3) is 0.474. The Kier molecular flexibility index (Phi) is 4.69. The second kappa shape index (κ2) is 7.01. The fourth-order valence-electron chi connectivity index (χ4n) is 3.36. The third kappa shape index (κ3) is 3.86. The molecule has 4 rings (SSSR count). The fourth-order valence-corrected chi connectivity index (χ4v) is 4.30. The maximum absolute atomic E-state index is 12.8. The molecule has 1 fully saturated rings. The van der Waals surface area contributed by atoms with Crippen LogP contribution in [0.15, 0.2) is 30.5 Å². The number of likely N-dealkylation sites (tertiary alicyclic amines) is 1. The number of thiazole rings is 1. The number of amides is 1. The Balaban J connectivity index is 1.35. The number of carbonyl (C=O) groups is 1. The van der Waals surface area contributed by atoms with E-state index in [2.05, 4.69) is 15.3 Å². The zero-order valence-corrected chi connectivity index (χ0v) is 16.4. The van der Waals surface area contributed by atoms with Crippen molar-refractivity contribution in [2.24, 2.45) is 11.7 Å². The lowest BCUT2D eigenvalue weighted by atomic mass is 9.96. The molecule has 3 aromatic rings. The molecule has 1 aliphatic rings. The summed E-state index contributed by atoms with van der Waals surface area (Å²) in [6.45, 7) is 6.17. The van der Waals surface area contributed by atoms with E-state index in [9.17, 15) is 4.79 Å². The number of nitrogens with zero attached hydrogens (tertiary/aromatic N) is 5. The van der Waals surface area contributed by atoms with Gasteiger partial charge in [0.25, 0.3) is 5.91 Å². The zero-order valence-electron chi connectivity index (χ0n) is 15.6. The summed E-state index contributed by atoms with van der Waals surface area (Å²) in [5.41, 5.74) is 7.28.